The lowest BCUT2D eigenvalue weighted by molar-refractivity contribution is -0.126. The van der Waals surface area contributed by atoms with Gasteiger partial charge in [-0.25, -0.2) is 0 Å². The summed E-state index contributed by atoms with van der Waals surface area (Å²) in [6.45, 7) is -0.883. The molecule has 9 heavy (non-hydrogen) atoms. The van der Waals surface area contributed by atoms with Crippen molar-refractivity contribution >= 4 is 5.91 Å². The van der Waals surface area contributed by atoms with Gasteiger partial charge in [-0.3, -0.25) is 4.79 Å². The van der Waals surface area contributed by atoms with Crippen molar-refractivity contribution < 1.29 is 20.1 Å². The molecule has 0 heterocycles. The fraction of sp³-hybridized carbons (Fsp3) is 0.750. The Balaban J connectivity index is 3.17. The minimum atomic E-state index is -1.56. The van der Waals surface area contributed by atoms with Gasteiger partial charge in [-0.1, -0.05) is 0 Å². The molecule has 5 nitrogen and oxygen atoms in total. The Bertz CT molecular complexity index is 92.6. The molecule has 0 bridgehead atoms. The first-order valence-corrected chi connectivity index (χ1v) is 2.40. The molecule has 0 aliphatic rings. The average molecular weight is 135 g/mol. The molecule has 0 fully saturated rings. The molecule has 0 aliphatic carbocycles. The Kier molecular flexibility index (Phi) is 3.94. The van der Waals surface area contributed by atoms with Gasteiger partial charge in [0.25, 0.3) is 0 Å². The van der Waals surface area contributed by atoms with E-state index in [0.717, 1.165) is 0 Å². The second-order valence-electron chi connectivity index (χ2n) is 1.44. The molecule has 0 aromatic rings. The van der Waals surface area contributed by atoms with E-state index in [1.54, 1.807) is 0 Å². The van der Waals surface area contributed by atoms with E-state index in [1.165, 1.54) is 0 Å². The minimum absolute atomic E-state index is 0.251. The van der Waals surface area contributed by atoms with Crippen LogP contribution in [-0.4, -0.2) is 40.7 Å². The molecule has 0 spiro atoms. The van der Waals surface area contributed by atoms with Crippen molar-refractivity contribution in [3.63, 3.8) is 0 Å². The first-order valence-electron chi connectivity index (χ1n) is 2.40. The van der Waals surface area contributed by atoms with Crippen LogP contribution in [0.15, 0.2) is 0 Å². The molecule has 0 aliphatic heterocycles. The summed E-state index contributed by atoms with van der Waals surface area (Å²) in [5.41, 5.74) is 0. The predicted octanol–water partition coefficient (Wildman–Crippen LogP) is -2.59. The maximum absolute atomic E-state index is 10.1. The summed E-state index contributed by atoms with van der Waals surface area (Å²) in [5.74, 6) is -0.622. The third-order valence-corrected chi connectivity index (χ3v) is 0.625. The second-order valence-corrected chi connectivity index (χ2v) is 1.44. The second kappa shape index (κ2) is 4.25. The fourth-order valence-corrected chi connectivity index (χ4v) is 0.261. The van der Waals surface area contributed by atoms with Crippen LogP contribution in [0, 0.1) is 0 Å². The van der Waals surface area contributed by atoms with Gasteiger partial charge in [-0.15, -0.1) is 0 Å². The Morgan fingerprint density at radius 1 is 1.56 bits per heavy atom. The largest absolute Gasteiger partial charge is 0.387 e. The van der Waals surface area contributed by atoms with Crippen LogP contribution in [0.5, 0.6) is 0 Å². The molecular weight excluding hydrogens is 126 g/mol. The normalized spacial score (nSPS) is 9.78. The van der Waals surface area contributed by atoms with E-state index in [2.05, 4.69) is 0 Å². The van der Waals surface area contributed by atoms with Gasteiger partial charge in [0, 0.05) is 0 Å². The van der Waals surface area contributed by atoms with Crippen molar-refractivity contribution in [2.75, 3.05) is 13.2 Å². The van der Waals surface area contributed by atoms with E-state index in [-0.39, 0.29) is 6.54 Å². The van der Waals surface area contributed by atoms with Crippen molar-refractivity contribution in [3.8, 4) is 0 Å². The number of aliphatic hydroxyl groups is 3. The molecule has 0 saturated carbocycles. The van der Waals surface area contributed by atoms with E-state index in [1.807, 2.05) is 5.32 Å². The molecule has 1 amide bonds. The Hall–Kier alpha value is -0.650. The smallest absolute Gasteiger partial charge is 0.245 e. The molecule has 0 radical (unpaired) electrons. The van der Waals surface area contributed by atoms with Crippen molar-refractivity contribution in [2.24, 2.45) is 0 Å². The molecule has 0 rings (SSSR count). The SMILES string of the molecule is O=C(CO)NCC(O)O. The van der Waals surface area contributed by atoms with E-state index >= 15 is 0 Å². The first kappa shape index (κ1) is 8.35. The summed E-state index contributed by atoms with van der Waals surface area (Å²) < 4.78 is 0. The number of rotatable bonds is 3. The van der Waals surface area contributed by atoms with E-state index in [9.17, 15) is 4.79 Å². The van der Waals surface area contributed by atoms with Crippen LogP contribution in [0.25, 0.3) is 0 Å². The van der Waals surface area contributed by atoms with Crippen LogP contribution in [0.4, 0.5) is 0 Å². The Morgan fingerprint density at radius 2 is 2.11 bits per heavy atom. The molecule has 0 atom stereocenters. The number of hydrogen-bond acceptors (Lipinski definition) is 4. The molecule has 54 valence electrons. The van der Waals surface area contributed by atoms with Crippen molar-refractivity contribution in [1.82, 2.24) is 5.32 Å². The lowest BCUT2D eigenvalue weighted by atomic mass is 10.5. The summed E-state index contributed by atoms with van der Waals surface area (Å²) in [5, 5.41) is 26.4. The van der Waals surface area contributed by atoms with Gasteiger partial charge in [-0.2, -0.15) is 0 Å². The maximum Gasteiger partial charge on any atom is 0.245 e. The number of carbonyl (C=O) groups is 1. The molecule has 0 aromatic heterocycles. The van der Waals surface area contributed by atoms with Gasteiger partial charge in [-0.05, 0) is 0 Å². The quantitative estimate of drug-likeness (QED) is 0.319. The summed E-state index contributed by atoms with van der Waals surface area (Å²) in [4.78, 5) is 10.1. The van der Waals surface area contributed by atoms with Gasteiger partial charge >= 0.3 is 0 Å². The van der Waals surface area contributed by atoms with Crippen molar-refractivity contribution in [3.05, 3.63) is 0 Å². The highest BCUT2D eigenvalue weighted by atomic mass is 16.5. The summed E-state index contributed by atoms with van der Waals surface area (Å²) >= 11 is 0. The fourth-order valence-electron chi connectivity index (χ4n) is 0.261. The number of aliphatic hydroxyl groups excluding tert-OH is 2. The molecule has 5 heteroatoms. The zero-order valence-corrected chi connectivity index (χ0v) is 4.74. The topological polar surface area (TPSA) is 89.8 Å². The van der Waals surface area contributed by atoms with E-state index in [4.69, 9.17) is 15.3 Å². The first-order chi connectivity index (χ1) is 4.16. The van der Waals surface area contributed by atoms with Gasteiger partial charge < -0.3 is 20.6 Å². The molecule has 0 saturated heterocycles. The molecular formula is C4H9NO4. The minimum Gasteiger partial charge on any atom is -0.387 e. The molecule has 0 unspecified atom stereocenters. The van der Waals surface area contributed by atoms with Crippen LogP contribution in [0.3, 0.4) is 0 Å². The Labute approximate surface area is 51.9 Å². The highest BCUT2D eigenvalue weighted by molar-refractivity contribution is 5.76. The molecule has 0 aromatic carbocycles. The summed E-state index contributed by atoms with van der Waals surface area (Å²) in [7, 11) is 0. The van der Waals surface area contributed by atoms with Gasteiger partial charge in [0.1, 0.15) is 6.61 Å². The number of hydrogen-bond donors (Lipinski definition) is 4. The average Bonchev–Trinajstić information content (AvgIpc) is 1.83. The van der Waals surface area contributed by atoms with E-state index in [0.29, 0.717) is 0 Å². The summed E-state index contributed by atoms with van der Waals surface area (Å²) in [6.07, 6.45) is -1.56. The number of amides is 1. The molecule has 4 N–H and O–H groups in total. The standard InChI is InChI=1S/C4H9NO4/c6-2-3(7)5-1-4(8)9/h4,6,8-9H,1-2H2,(H,5,7). The zero-order valence-electron chi connectivity index (χ0n) is 4.74. The zero-order chi connectivity index (χ0) is 7.28. The monoisotopic (exact) mass is 135 g/mol. The van der Waals surface area contributed by atoms with Gasteiger partial charge in [0.15, 0.2) is 6.29 Å². The van der Waals surface area contributed by atoms with Crippen LogP contribution in [-0.2, 0) is 4.79 Å². The predicted molar refractivity (Wildman–Crippen MR) is 28.3 cm³/mol. The Morgan fingerprint density at radius 3 is 2.44 bits per heavy atom. The maximum atomic E-state index is 10.1. The lowest BCUT2D eigenvalue weighted by Crippen LogP contribution is -2.33. The van der Waals surface area contributed by atoms with E-state index < -0.39 is 18.8 Å². The van der Waals surface area contributed by atoms with Crippen LogP contribution in [0.2, 0.25) is 0 Å². The van der Waals surface area contributed by atoms with Crippen LogP contribution in [0.1, 0.15) is 0 Å². The number of nitrogens with one attached hydrogen (secondary N) is 1. The third-order valence-electron chi connectivity index (χ3n) is 0.625. The van der Waals surface area contributed by atoms with Crippen LogP contribution >= 0.6 is 0 Å². The lowest BCUT2D eigenvalue weighted by Gasteiger charge is -2.02. The summed E-state index contributed by atoms with van der Waals surface area (Å²) in [6, 6.07) is 0. The highest BCUT2D eigenvalue weighted by Gasteiger charge is 1.99. The van der Waals surface area contributed by atoms with Gasteiger partial charge in [0.2, 0.25) is 5.91 Å². The van der Waals surface area contributed by atoms with Crippen molar-refractivity contribution in [1.29, 1.82) is 0 Å². The third kappa shape index (κ3) is 5.22. The number of carbonyl (C=O) groups excluding carboxylic acids is 1. The highest BCUT2D eigenvalue weighted by Crippen LogP contribution is 1.69. The van der Waals surface area contributed by atoms with Crippen LogP contribution < -0.4 is 5.32 Å². The van der Waals surface area contributed by atoms with Crippen molar-refractivity contribution in [2.45, 2.75) is 6.29 Å². The van der Waals surface area contributed by atoms with Gasteiger partial charge in [0.05, 0.1) is 6.54 Å².